The molecule has 1 heterocycles. The topological polar surface area (TPSA) is 59.1 Å². The summed E-state index contributed by atoms with van der Waals surface area (Å²) in [6.07, 6.45) is 1.10. The van der Waals surface area contributed by atoms with Crippen LogP contribution in [0.3, 0.4) is 0 Å². The third kappa shape index (κ3) is 2.02. The van der Waals surface area contributed by atoms with Crippen molar-refractivity contribution in [2.24, 2.45) is 0 Å². The molecule has 74 valence electrons. The van der Waals surface area contributed by atoms with Crippen LogP contribution in [0.5, 0.6) is 0 Å². The Kier molecular flexibility index (Phi) is 1.88. The summed E-state index contributed by atoms with van der Waals surface area (Å²) in [6.45, 7) is 0. The molecule has 0 saturated heterocycles. The first-order valence-corrected chi connectivity index (χ1v) is 6.50. The molecule has 0 aliphatic heterocycles. The zero-order chi connectivity index (χ0) is 11.1. The van der Waals surface area contributed by atoms with Gasteiger partial charge in [-0.2, -0.15) is 0 Å². The lowest BCUT2D eigenvalue weighted by Crippen LogP contribution is -2.09. The molecule has 14 heavy (non-hydrogen) atoms. The number of rotatable bonds is 2. The van der Waals surface area contributed by atoms with Gasteiger partial charge in [0.05, 0.1) is 29.0 Å². The van der Waals surface area contributed by atoms with Crippen molar-refractivity contribution in [3.05, 3.63) is 23.7 Å². The normalized spacial score (nSPS) is 12.8. The minimum atomic E-state index is -3.25. The minimum absolute atomic E-state index is 0.224. The molecule has 0 atom stereocenters. The molecule has 1 aromatic carbocycles. The van der Waals surface area contributed by atoms with E-state index in [4.69, 9.17) is 1.37 Å². The summed E-state index contributed by atoms with van der Waals surface area (Å²) < 4.78 is 32.5. The summed E-state index contributed by atoms with van der Waals surface area (Å²) in [6, 6.07) is 4.99. The van der Waals surface area contributed by atoms with Crippen molar-refractivity contribution in [3.63, 3.8) is 0 Å². The van der Waals surface area contributed by atoms with Gasteiger partial charge in [0.15, 0.2) is 0 Å². The van der Waals surface area contributed by atoms with E-state index in [1.807, 2.05) is 0 Å². The molecule has 0 saturated carbocycles. The SMILES string of the molecule is [2H]c1nc2ccc(NS(C)(=O)=O)cc2s1. The molecule has 2 rings (SSSR count). The van der Waals surface area contributed by atoms with E-state index < -0.39 is 10.0 Å². The Labute approximate surface area is 87.1 Å². The van der Waals surface area contributed by atoms with Crippen molar-refractivity contribution < 1.29 is 9.79 Å². The van der Waals surface area contributed by atoms with Crippen LogP contribution in [0.25, 0.3) is 10.2 Å². The van der Waals surface area contributed by atoms with Gasteiger partial charge in [0.25, 0.3) is 0 Å². The van der Waals surface area contributed by atoms with E-state index in [1.54, 1.807) is 18.2 Å². The van der Waals surface area contributed by atoms with Gasteiger partial charge in [-0.05, 0) is 18.2 Å². The smallest absolute Gasteiger partial charge is 0.229 e. The third-order valence-corrected chi connectivity index (χ3v) is 2.92. The van der Waals surface area contributed by atoms with Crippen molar-refractivity contribution in [1.29, 1.82) is 0 Å². The number of aromatic nitrogens is 1. The van der Waals surface area contributed by atoms with Gasteiger partial charge in [0.2, 0.25) is 10.0 Å². The van der Waals surface area contributed by atoms with Gasteiger partial charge in [-0.1, -0.05) is 0 Å². The molecule has 0 unspecified atom stereocenters. The van der Waals surface area contributed by atoms with Crippen LogP contribution in [-0.2, 0) is 10.0 Å². The van der Waals surface area contributed by atoms with E-state index in [9.17, 15) is 8.42 Å². The highest BCUT2D eigenvalue weighted by molar-refractivity contribution is 7.92. The average molecular weight is 229 g/mol. The molecule has 0 aliphatic carbocycles. The highest BCUT2D eigenvalue weighted by Crippen LogP contribution is 2.22. The van der Waals surface area contributed by atoms with Crippen molar-refractivity contribution in [3.8, 4) is 0 Å². The Balaban J connectivity index is 2.47. The number of sulfonamides is 1. The second kappa shape index (κ2) is 3.21. The maximum atomic E-state index is 11.0. The second-order valence-electron chi connectivity index (χ2n) is 2.86. The Bertz CT molecular complexity index is 606. The molecule has 0 aliphatic rings. The van der Waals surface area contributed by atoms with Crippen molar-refractivity contribution in [2.45, 2.75) is 0 Å². The number of nitrogens with zero attached hydrogens (tertiary/aromatic N) is 1. The largest absolute Gasteiger partial charge is 0.284 e. The number of nitrogens with one attached hydrogen (secondary N) is 1. The first-order valence-electron chi connectivity index (χ1n) is 4.29. The Morgan fingerprint density at radius 3 is 3.07 bits per heavy atom. The summed E-state index contributed by atoms with van der Waals surface area (Å²) in [7, 11) is -3.25. The molecule has 0 bridgehead atoms. The zero-order valence-corrected chi connectivity index (χ0v) is 8.95. The second-order valence-corrected chi connectivity index (χ2v) is 5.44. The van der Waals surface area contributed by atoms with Gasteiger partial charge < -0.3 is 0 Å². The van der Waals surface area contributed by atoms with Crippen molar-refractivity contribution in [1.82, 2.24) is 4.98 Å². The van der Waals surface area contributed by atoms with Gasteiger partial charge in [-0.25, -0.2) is 13.4 Å². The summed E-state index contributed by atoms with van der Waals surface area (Å²) >= 11 is 1.21. The molecule has 0 fully saturated rings. The van der Waals surface area contributed by atoms with E-state index in [0.29, 0.717) is 11.2 Å². The van der Waals surface area contributed by atoms with Crippen molar-refractivity contribution >= 4 is 37.3 Å². The Hall–Kier alpha value is -1.14. The number of anilines is 1. The monoisotopic (exact) mass is 229 g/mol. The van der Waals surface area contributed by atoms with Gasteiger partial charge in [-0.3, -0.25) is 4.72 Å². The van der Waals surface area contributed by atoms with Crippen LogP contribution >= 0.6 is 11.3 Å². The molecular weight excluding hydrogens is 220 g/mol. The molecule has 0 spiro atoms. The Morgan fingerprint density at radius 1 is 1.57 bits per heavy atom. The number of fused-ring (bicyclic) bond motifs is 1. The molecule has 2 aromatic rings. The number of hydrogen-bond donors (Lipinski definition) is 1. The highest BCUT2D eigenvalue weighted by atomic mass is 32.2. The van der Waals surface area contributed by atoms with E-state index >= 15 is 0 Å². The van der Waals surface area contributed by atoms with Crippen LogP contribution in [0, 0.1) is 0 Å². The van der Waals surface area contributed by atoms with Crippen LogP contribution in [0.15, 0.2) is 23.7 Å². The first-order chi connectivity index (χ1) is 6.94. The van der Waals surface area contributed by atoms with Gasteiger partial charge in [-0.15, -0.1) is 11.3 Å². The average Bonchev–Trinajstić information content (AvgIpc) is 2.40. The first kappa shape index (κ1) is 8.19. The molecular formula is C8H8N2O2S2. The third-order valence-electron chi connectivity index (χ3n) is 1.58. The predicted octanol–water partition coefficient (Wildman–Crippen LogP) is 1.67. The standard InChI is InChI=1S/C8H8N2O2S2/c1-14(11,12)10-6-2-3-7-8(4-6)13-5-9-7/h2-5,10H,1H3/i5D. The lowest BCUT2D eigenvalue weighted by molar-refractivity contribution is 0.607. The lowest BCUT2D eigenvalue weighted by atomic mass is 10.3. The van der Waals surface area contributed by atoms with E-state index in [2.05, 4.69) is 9.71 Å². The maximum Gasteiger partial charge on any atom is 0.229 e. The summed E-state index contributed by atoms with van der Waals surface area (Å²) in [5.41, 5.74) is 1.43. The fraction of sp³-hybridized carbons (Fsp3) is 0.125. The van der Waals surface area contributed by atoms with Crippen LogP contribution in [0.1, 0.15) is 1.37 Å². The van der Waals surface area contributed by atoms with Crippen LogP contribution < -0.4 is 4.72 Å². The molecule has 0 amide bonds. The zero-order valence-electron chi connectivity index (χ0n) is 8.31. The number of hydrogen-bond acceptors (Lipinski definition) is 4. The fourth-order valence-corrected chi connectivity index (χ4v) is 2.29. The van der Waals surface area contributed by atoms with Crippen molar-refractivity contribution in [2.75, 3.05) is 11.0 Å². The Morgan fingerprint density at radius 2 is 2.36 bits per heavy atom. The highest BCUT2D eigenvalue weighted by Gasteiger charge is 2.03. The van der Waals surface area contributed by atoms with Gasteiger partial charge >= 0.3 is 0 Å². The number of benzene rings is 1. The predicted molar refractivity (Wildman–Crippen MR) is 58.1 cm³/mol. The molecule has 0 radical (unpaired) electrons. The van der Waals surface area contributed by atoms with E-state index in [-0.39, 0.29) is 5.49 Å². The molecule has 4 nitrogen and oxygen atoms in total. The van der Waals surface area contributed by atoms with Crippen LogP contribution in [-0.4, -0.2) is 19.7 Å². The van der Waals surface area contributed by atoms with E-state index in [1.165, 1.54) is 11.3 Å². The van der Waals surface area contributed by atoms with E-state index in [0.717, 1.165) is 11.0 Å². The minimum Gasteiger partial charge on any atom is -0.284 e. The molecule has 6 heteroatoms. The summed E-state index contributed by atoms with van der Waals surface area (Å²) in [5.74, 6) is 0. The van der Waals surface area contributed by atoms with Gasteiger partial charge in [0, 0.05) is 0 Å². The quantitative estimate of drug-likeness (QED) is 0.852. The van der Waals surface area contributed by atoms with Crippen LogP contribution in [0.2, 0.25) is 0 Å². The maximum absolute atomic E-state index is 11.0. The van der Waals surface area contributed by atoms with Gasteiger partial charge in [0.1, 0.15) is 0 Å². The fourth-order valence-electron chi connectivity index (χ4n) is 1.09. The summed E-state index contributed by atoms with van der Waals surface area (Å²) in [5, 5.41) is 0. The molecule has 1 N–H and O–H groups in total. The van der Waals surface area contributed by atoms with Crippen LogP contribution in [0.4, 0.5) is 5.69 Å². The number of thiazole rings is 1. The molecule has 1 aromatic heterocycles. The summed E-state index contributed by atoms with van der Waals surface area (Å²) in [4.78, 5) is 3.96. The lowest BCUT2D eigenvalue weighted by Gasteiger charge is -2.02.